The van der Waals surface area contributed by atoms with Crippen molar-refractivity contribution in [1.82, 2.24) is 0 Å². The van der Waals surface area contributed by atoms with E-state index >= 15 is 0 Å². The number of nitriles is 1. The van der Waals surface area contributed by atoms with Crippen LogP contribution in [-0.2, 0) is 20.9 Å². The second-order valence-electron chi connectivity index (χ2n) is 6.46. The lowest BCUT2D eigenvalue weighted by Crippen LogP contribution is -2.26. The van der Waals surface area contributed by atoms with E-state index in [1.54, 1.807) is 31.2 Å². The van der Waals surface area contributed by atoms with Gasteiger partial charge in [-0.2, -0.15) is 5.26 Å². The van der Waals surface area contributed by atoms with Gasteiger partial charge in [0.05, 0.1) is 24.0 Å². The highest BCUT2D eigenvalue weighted by Gasteiger charge is 2.37. The van der Waals surface area contributed by atoms with E-state index in [1.807, 2.05) is 36.4 Å². The van der Waals surface area contributed by atoms with E-state index < -0.39 is 11.9 Å². The maximum absolute atomic E-state index is 12.6. The Labute approximate surface area is 180 Å². The van der Waals surface area contributed by atoms with Crippen LogP contribution in [0.3, 0.4) is 0 Å². The Morgan fingerprint density at radius 3 is 2.50 bits per heavy atom. The molecule has 2 aromatic carbocycles. The number of rotatable bonds is 7. The lowest BCUT2D eigenvalue weighted by atomic mass is 9.83. The summed E-state index contributed by atoms with van der Waals surface area (Å²) in [5.41, 5.74) is 7.96. The number of halogens is 1. The summed E-state index contributed by atoms with van der Waals surface area (Å²) < 4.78 is 16.4. The van der Waals surface area contributed by atoms with E-state index in [-0.39, 0.29) is 35.3 Å². The summed E-state index contributed by atoms with van der Waals surface area (Å²) in [5.74, 6) is -0.647. The Morgan fingerprint density at radius 2 is 1.90 bits per heavy atom. The second kappa shape index (κ2) is 9.86. The molecule has 2 aromatic rings. The van der Waals surface area contributed by atoms with Crippen molar-refractivity contribution in [2.24, 2.45) is 5.73 Å². The standard InChI is InChI=1S/C23H21ClN2O4/c1-2-28-23(27)21-19(12-24)30-22(26)18(13-25)20(21)16-8-10-17(11-9-16)29-14-15-6-4-3-5-7-15/h3-11,20H,2,12,14,26H2,1H3. The summed E-state index contributed by atoms with van der Waals surface area (Å²) in [6.07, 6.45) is 0. The maximum Gasteiger partial charge on any atom is 0.338 e. The number of alkyl halides is 1. The molecule has 1 atom stereocenters. The minimum Gasteiger partial charge on any atom is -0.489 e. The molecule has 0 aromatic heterocycles. The van der Waals surface area contributed by atoms with Crippen molar-refractivity contribution < 1.29 is 19.0 Å². The van der Waals surface area contributed by atoms with Crippen LogP contribution in [0.25, 0.3) is 0 Å². The largest absolute Gasteiger partial charge is 0.489 e. The van der Waals surface area contributed by atoms with Crippen molar-refractivity contribution in [2.45, 2.75) is 19.4 Å². The molecule has 1 aliphatic rings. The van der Waals surface area contributed by atoms with Crippen LogP contribution in [0.2, 0.25) is 0 Å². The summed E-state index contributed by atoms with van der Waals surface area (Å²) in [6.45, 7) is 2.31. The predicted molar refractivity (Wildman–Crippen MR) is 112 cm³/mol. The van der Waals surface area contributed by atoms with Crippen LogP contribution in [0, 0.1) is 11.3 Å². The molecule has 6 nitrogen and oxygen atoms in total. The Kier molecular flexibility index (Phi) is 6.99. The van der Waals surface area contributed by atoms with Gasteiger partial charge in [-0.15, -0.1) is 11.6 Å². The van der Waals surface area contributed by atoms with Crippen molar-refractivity contribution in [3.05, 3.63) is 88.5 Å². The fourth-order valence-corrected chi connectivity index (χ4v) is 3.38. The molecule has 30 heavy (non-hydrogen) atoms. The average molecular weight is 425 g/mol. The number of nitrogens with zero attached hydrogens (tertiary/aromatic N) is 1. The van der Waals surface area contributed by atoms with Crippen LogP contribution < -0.4 is 10.5 Å². The third kappa shape index (κ3) is 4.58. The number of ether oxygens (including phenoxy) is 3. The summed E-state index contributed by atoms with van der Waals surface area (Å²) in [7, 11) is 0. The van der Waals surface area contributed by atoms with E-state index in [2.05, 4.69) is 0 Å². The molecule has 2 N–H and O–H groups in total. The van der Waals surface area contributed by atoms with Crippen LogP contribution in [0.5, 0.6) is 5.75 Å². The van der Waals surface area contributed by atoms with Crippen molar-refractivity contribution in [3.63, 3.8) is 0 Å². The number of allylic oxidation sites excluding steroid dienone is 2. The van der Waals surface area contributed by atoms with Crippen LogP contribution in [0.1, 0.15) is 24.0 Å². The Bertz CT molecular complexity index is 1010. The summed E-state index contributed by atoms with van der Waals surface area (Å²) in [5, 5.41) is 9.65. The fraction of sp³-hybridized carbons (Fsp3) is 0.217. The quantitative estimate of drug-likeness (QED) is 0.530. The lowest BCUT2D eigenvalue weighted by Gasteiger charge is -2.27. The molecule has 0 saturated heterocycles. The van der Waals surface area contributed by atoms with Crippen LogP contribution >= 0.6 is 11.6 Å². The molecular formula is C23H21ClN2O4. The van der Waals surface area contributed by atoms with Gasteiger partial charge in [-0.25, -0.2) is 4.79 Å². The first-order chi connectivity index (χ1) is 14.6. The van der Waals surface area contributed by atoms with Gasteiger partial charge in [0.25, 0.3) is 0 Å². The first-order valence-electron chi connectivity index (χ1n) is 9.39. The monoisotopic (exact) mass is 424 g/mol. The normalized spacial score (nSPS) is 16.0. The van der Waals surface area contributed by atoms with Crippen LogP contribution in [0.4, 0.5) is 0 Å². The lowest BCUT2D eigenvalue weighted by molar-refractivity contribution is -0.139. The number of nitrogens with two attached hydrogens (primary N) is 1. The summed E-state index contributed by atoms with van der Waals surface area (Å²) >= 11 is 5.98. The molecule has 0 radical (unpaired) electrons. The summed E-state index contributed by atoms with van der Waals surface area (Å²) in [4.78, 5) is 12.6. The third-order valence-corrected chi connectivity index (χ3v) is 4.82. The maximum atomic E-state index is 12.6. The van der Waals surface area contributed by atoms with E-state index in [0.29, 0.717) is 17.9 Å². The Hall–Kier alpha value is -3.43. The third-order valence-electron chi connectivity index (χ3n) is 4.58. The van der Waals surface area contributed by atoms with Crippen molar-refractivity contribution >= 4 is 17.6 Å². The number of benzene rings is 2. The average Bonchev–Trinajstić information content (AvgIpc) is 2.78. The topological polar surface area (TPSA) is 94.6 Å². The predicted octanol–water partition coefficient (Wildman–Crippen LogP) is 4.13. The molecule has 0 fully saturated rings. The first-order valence-corrected chi connectivity index (χ1v) is 9.92. The zero-order chi connectivity index (χ0) is 21.5. The van der Waals surface area contributed by atoms with Gasteiger partial charge >= 0.3 is 5.97 Å². The molecule has 7 heteroatoms. The van der Waals surface area contributed by atoms with Gasteiger partial charge in [-0.05, 0) is 30.2 Å². The second-order valence-corrected chi connectivity index (χ2v) is 6.73. The van der Waals surface area contributed by atoms with Crippen LogP contribution in [-0.4, -0.2) is 18.5 Å². The van der Waals surface area contributed by atoms with Gasteiger partial charge in [0, 0.05) is 0 Å². The highest BCUT2D eigenvalue weighted by molar-refractivity contribution is 6.19. The highest BCUT2D eigenvalue weighted by atomic mass is 35.5. The van der Waals surface area contributed by atoms with Crippen LogP contribution in [0.15, 0.2) is 77.4 Å². The van der Waals surface area contributed by atoms with Gasteiger partial charge in [0.2, 0.25) is 5.88 Å². The summed E-state index contributed by atoms with van der Waals surface area (Å²) in [6, 6.07) is 19.0. The Balaban J connectivity index is 1.91. The first kappa shape index (κ1) is 21.3. The fourth-order valence-electron chi connectivity index (χ4n) is 3.18. The molecular weight excluding hydrogens is 404 g/mol. The SMILES string of the molecule is CCOC(=O)C1=C(CCl)OC(N)=C(C#N)C1c1ccc(OCc2ccccc2)cc1. The number of carbonyl (C=O) groups excluding carboxylic acids is 1. The molecule has 3 rings (SSSR count). The number of esters is 1. The minimum absolute atomic E-state index is 0.0735. The molecule has 154 valence electrons. The zero-order valence-corrected chi connectivity index (χ0v) is 17.2. The van der Waals surface area contributed by atoms with E-state index in [4.69, 9.17) is 31.5 Å². The zero-order valence-electron chi connectivity index (χ0n) is 16.4. The molecule has 1 unspecified atom stereocenters. The molecule has 0 bridgehead atoms. The smallest absolute Gasteiger partial charge is 0.338 e. The van der Waals surface area contributed by atoms with Gasteiger partial charge in [-0.1, -0.05) is 42.5 Å². The van der Waals surface area contributed by atoms with Gasteiger partial charge in [0.15, 0.2) is 0 Å². The molecule has 1 aliphatic heterocycles. The van der Waals surface area contributed by atoms with Gasteiger partial charge in [-0.3, -0.25) is 0 Å². The van der Waals surface area contributed by atoms with Crippen molar-refractivity contribution in [3.8, 4) is 11.8 Å². The van der Waals surface area contributed by atoms with Crippen molar-refractivity contribution in [1.29, 1.82) is 5.26 Å². The van der Waals surface area contributed by atoms with Crippen molar-refractivity contribution in [2.75, 3.05) is 12.5 Å². The minimum atomic E-state index is -0.736. The van der Waals surface area contributed by atoms with E-state index in [9.17, 15) is 10.1 Å². The number of hydrogen-bond acceptors (Lipinski definition) is 6. The molecule has 0 aliphatic carbocycles. The molecule has 1 heterocycles. The molecule has 0 spiro atoms. The van der Waals surface area contributed by atoms with E-state index in [0.717, 1.165) is 5.56 Å². The van der Waals surface area contributed by atoms with Gasteiger partial charge < -0.3 is 19.9 Å². The highest BCUT2D eigenvalue weighted by Crippen LogP contribution is 2.40. The molecule has 0 amide bonds. The van der Waals surface area contributed by atoms with E-state index in [1.165, 1.54) is 0 Å². The molecule has 0 saturated carbocycles. The number of carbonyl (C=O) groups is 1. The number of hydrogen-bond donors (Lipinski definition) is 1. The Morgan fingerprint density at radius 1 is 1.20 bits per heavy atom. The van der Waals surface area contributed by atoms with Gasteiger partial charge in [0.1, 0.15) is 29.8 Å².